The number of benzene rings is 1. The minimum absolute atomic E-state index is 0.0752. The highest BCUT2D eigenvalue weighted by Gasteiger charge is 2.27. The maximum absolute atomic E-state index is 12.0. The van der Waals surface area contributed by atoms with Gasteiger partial charge in [-0.3, -0.25) is 9.59 Å². The fourth-order valence-corrected chi connectivity index (χ4v) is 1.70. The predicted octanol–water partition coefficient (Wildman–Crippen LogP) is 0.898. The highest BCUT2D eigenvalue weighted by molar-refractivity contribution is 5.94. The van der Waals surface area contributed by atoms with Crippen molar-refractivity contribution in [2.45, 2.75) is 13.3 Å². The molecule has 0 heterocycles. The molecule has 0 aliphatic rings. The minimum Gasteiger partial charge on any atom is -0.497 e. The van der Waals surface area contributed by atoms with Crippen LogP contribution in [0.5, 0.6) is 5.75 Å². The van der Waals surface area contributed by atoms with Crippen LogP contribution in [0, 0.1) is 5.41 Å². The fourth-order valence-electron chi connectivity index (χ4n) is 1.70. The quantitative estimate of drug-likeness (QED) is 0.690. The van der Waals surface area contributed by atoms with Crippen LogP contribution in [-0.2, 0) is 4.79 Å². The summed E-state index contributed by atoms with van der Waals surface area (Å²) < 4.78 is 5.03. The number of rotatable bonds is 7. The van der Waals surface area contributed by atoms with Gasteiger partial charge in [-0.25, -0.2) is 0 Å². The Morgan fingerprint density at radius 2 is 2.10 bits per heavy atom. The first-order valence-electron chi connectivity index (χ1n) is 6.15. The first kappa shape index (κ1) is 16.0. The Kier molecular flexibility index (Phi) is 5.52. The third kappa shape index (κ3) is 4.55. The summed E-state index contributed by atoms with van der Waals surface area (Å²) in [5.41, 5.74) is -0.472. The Morgan fingerprint density at radius 3 is 2.65 bits per heavy atom. The van der Waals surface area contributed by atoms with Crippen LogP contribution in [0.4, 0.5) is 0 Å². The molecule has 0 saturated heterocycles. The van der Waals surface area contributed by atoms with Crippen LogP contribution >= 0.6 is 0 Å². The van der Waals surface area contributed by atoms with Crippen LogP contribution in [-0.4, -0.2) is 42.4 Å². The van der Waals surface area contributed by atoms with E-state index < -0.39 is 11.4 Å². The topological polar surface area (TPSA) is 95.9 Å². The molecule has 0 bridgehead atoms. The molecule has 20 heavy (non-hydrogen) atoms. The summed E-state index contributed by atoms with van der Waals surface area (Å²) in [5, 5.41) is 20.7. The van der Waals surface area contributed by atoms with Gasteiger partial charge >= 0.3 is 5.97 Å². The second-order valence-electron chi connectivity index (χ2n) is 4.95. The summed E-state index contributed by atoms with van der Waals surface area (Å²) in [7, 11) is 1.51. The average molecular weight is 281 g/mol. The van der Waals surface area contributed by atoms with Crippen molar-refractivity contribution in [3.8, 4) is 5.75 Å². The maximum atomic E-state index is 12.0. The Hall–Kier alpha value is -2.08. The molecule has 1 amide bonds. The van der Waals surface area contributed by atoms with Gasteiger partial charge in [-0.15, -0.1) is 0 Å². The number of aliphatic carboxylic acids is 1. The summed E-state index contributed by atoms with van der Waals surface area (Å²) in [6.07, 6.45) is -0.220. The number of aliphatic hydroxyl groups excluding tert-OH is 1. The molecule has 0 aromatic heterocycles. The van der Waals surface area contributed by atoms with Gasteiger partial charge in [0.15, 0.2) is 0 Å². The number of aliphatic hydroxyl groups is 1. The molecule has 110 valence electrons. The summed E-state index contributed by atoms with van der Waals surface area (Å²) >= 11 is 0. The number of carbonyl (C=O) groups is 2. The van der Waals surface area contributed by atoms with E-state index in [0.29, 0.717) is 11.3 Å². The molecular weight excluding hydrogens is 262 g/mol. The highest BCUT2D eigenvalue weighted by Crippen LogP contribution is 2.20. The molecule has 6 heteroatoms. The molecule has 1 rings (SSSR count). The van der Waals surface area contributed by atoms with E-state index in [0.717, 1.165) is 0 Å². The smallest absolute Gasteiger partial charge is 0.304 e. The van der Waals surface area contributed by atoms with Gasteiger partial charge < -0.3 is 20.3 Å². The third-order valence-electron chi connectivity index (χ3n) is 2.97. The van der Waals surface area contributed by atoms with Crippen molar-refractivity contribution >= 4 is 11.9 Å². The van der Waals surface area contributed by atoms with Crippen molar-refractivity contribution in [3.63, 3.8) is 0 Å². The van der Waals surface area contributed by atoms with Gasteiger partial charge in [0.25, 0.3) is 5.91 Å². The van der Waals surface area contributed by atoms with Crippen molar-refractivity contribution in [2.24, 2.45) is 5.41 Å². The lowest BCUT2D eigenvalue weighted by Crippen LogP contribution is -2.39. The Labute approximate surface area is 117 Å². The minimum atomic E-state index is -1.02. The maximum Gasteiger partial charge on any atom is 0.304 e. The molecule has 0 radical (unpaired) electrons. The van der Waals surface area contributed by atoms with E-state index in [4.69, 9.17) is 9.84 Å². The number of hydrogen-bond acceptors (Lipinski definition) is 4. The van der Waals surface area contributed by atoms with Crippen LogP contribution in [0.25, 0.3) is 0 Å². The fraction of sp³-hybridized carbons (Fsp3) is 0.429. The van der Waals surface area contributed by atoms with Crippen LogP contribution in [0.2, 0.25) is 0 Å². The number of hydrogen-bond donors (Lipinski definition) is 3. The van der Waals surface area contributed by atoms with Crippen LogP contribution in [0.15, 0.2) is 24.3 Å². The van der Waals surface area contributed by atoms with E-state index in [1.54, 1.807) is 31.2 Å². The van der Waals surface area contributed by atoms with Gasteiger partial charge in [-0.1, -0.05) is 13.0 Å². The van der Waals surface area contributed by atoms with Crippen molar-refractivity contribution in [2.75, 3.05) is 20.3 Å². The van der Waals surface area contributed by atoms with Crippen LogP contribution in [0.3, 0.4) is 0 Å². The van der Waals surface area contributed by atoms with E-state index in [1.807, 2.05) is 0 Å². The van der Waals surface area contributed by atoms with Gasteiger partial charge in [-0.2, -0.15) is 0 Å². The van der Waals surface area contributed by atoms with Crippen LogP contribution < -0.4 is 10.1 Å². The molecule has 1 aromatic rings. The normalized spacial score (nSPS) is 13.3. The molecule has 0 aliphatic heterocycles. The van der Waals surface area contributed by atoms with Gasteiger partial charge in [-0.05, 0) is 18.2 Å². The number of carboxylic acid groups (broad SMARTS) is 1. The van der Waals surface area contributed by atoms with Crippen LogP contribution in [0.1, 0.15) is 23.7 Å². The van der Waals surface area contributed by atoms with Gasteiger partial charge in [0.05, 0.1) is 20.1 Å². The number of nitrogens with one attached hydrogen (secondary N) is 1. The molecule has 0 spiro atoms. The summed E-state index contributed by atoms with van der Waals surface area (Å²) in [5.74, 6) is -0.792. The molecule has 3 N–H and O–H groups in total. The molecule has 0 aliphatic carbocycles. The predicted molar refractivity (Wildman–Crippen MR) is 72.8 cm³/mol. The van der Waals surface area contributed by atoms with Gasteiger partial charge in [0.2, 0.25) is 0 Å². The lowest BCUT2D eigenvalue weighted by atomic mass is 9.87. The Bertz CT molecular complexity index is 488. The zero-order valence-electron chi connectivity index (χ0n) is 11.5. The zero-order valence-corrected chi connectivity index (χ0v) is 11.5. The highest BCUT2D eigenvalue weighted by atomic mass is 16.5. The standard InChI is InChI=1S/C14H19NO5/c1-14(9-16,7-12(17)18)8-15-13(19)10-4-3-5-11(6-10)20-2/h3-6,16H,7-9H2,1-2H3,(H,15,19)(H,17,18). The van der Waals surface area contributed by atoms with Crippen molar-refractivity contribution in [3.05, 3.63) is 29.8 Å². The SMILES string of the molecule is COc1cccc(C(=O)NCC(C)(CO)CC(=O)O)c1. The summed E-state index contributed by atoms with van der Waals surface area (Å²) in [6.45, 7) is 1.36. The monoisotopic (exact) mass is 281 g/mol. The average Bonchev–Trinajstić information content (AvgIpc) is 2.44. The second-order valence-corrected chi connectivity index (χ2v) is 4.95. The number of carboxylic acids is 1. The summed E-state index contributed by atoms with van der Waals surface area (Å²) in [6, 6.07) is 6.63. The van der Waals surface area contributed by atoms with Gasteiger partial charge in [0.1, 0.15) is 5.75 Å². The van der Waals surface area contributed by atoms with Crippen molar-refractivity contribution in [1.82, 2.24) is 5.32 Å². The molecule has 1 atom stereocenters. The molecule has 1 aromatic carbocycles. The number of methoxy groups -OCH3 is 1. The molecule has 6 nitrogen and oxygen atoms in total. The van der Waals surface area contributed by atoms with E-state index in [1.165, 1.54) is 7.11 Å². The summed E-state index contributed by atoms with van der Waals surface area (Å²) in [4.78, 5) is 22.7. The molecule has 1 unspecified atom stereocenters. The second kappa shape index (κ2) is 6.91. The number of amides is 1. The Morgan fingerprint density at radius 1 is 1.40 bits per heavy atom. The molecule has 0 saturated carbocycles. The van der Waals surface area contributed by atoms with E-state index in [2.05, 4.69) is 5.32 Å². The first-order valence-corrected chi connectivity index (χ1v) is 6.15. The Balaban J connectivity index is 2.68. The largest absolute Gasteiger partial charge is 0.497 e. The first-order chi connectivity index (χ1) is 9.40. The van der Waals surface area contributed by atoms with E-state index in [9.17, 15) is 14.7 Å². The number of carbonyl (C=O) groups excluding carboxylic acids is 1. The zero-order chi connectivity index (χ0) is 15.2. The van der Waals surface area contributed by atoms with E-state index in [-0.39, 0.29) is 25.5 Å². The van der Waals surface area contributed by atoms with Gasteiger partial charge in [0, 0.05) is 17.5 Å². The van der Waals surface area contributed by atoms with Crippen molar-refractivity contribution < 1.29 is 24.5 Å². The van der Waals surface area contributed by atoms with E-state index >= 15 is 0 Å². The third-order valence-corrected chi connectivity index (χ3v) is 2.97. The lowest BCUT2D eigenvalue weighted by molar-refractivity contribution is -0.140. The van der Waals surface area contributed by atoms with Crippen molar-refractivity contribution in [1.29, 1.82) is 0 Å². The number of ether oxygens (including phenoxy) is 1. The molecule has 0 fully saturated rings. The molecular formula is C14H19NO5. The lowest BCUT2D eigenvalue weighted by Gasteiger charge is -2.25.